The second-order valence-electron chi connectivity index (χ2n) is 6.02. The number of carbonyl (C=O) groups excluding carboxylic acids is 2. The molecule has 0 spiro atoms. The van der Waals surface area contributed by atoms with Crippen molar-refractivity contribution in [3.8, 4) is 0 Å². The third-order valence-electron chi connectivity index (χ3n) is 4.41. The number of rotatable bonds is 13. The first kappa shape index (κ1) is 20.9. The van der Waals surface area contributed by atoms with Crippen molar-refractivity contribution in [1.82, 2.24) is 10.6 Å². The molecule has 22 heavy (non-hydrogen) atoms. The lowest BCUT2D eigenvalue weighted by atomic mass is 10.0. The van der Waals surface area contributed by atoms with Gasteiger partial charge in [0.25, 0.3) is 0 Å². The van der Waals surface area contributed by atoms with Gasteiger partial charge in [0.1, 0.15) is 0 Å². The maximum Gasteiger partial charge on any atom is 0.223 e. The number of hydrogen-bond donors (Lipinski definition) is 2. The first-order chi connectivity index (χ1) is 10.6. The van der Waals surface area contributed by atoms with Gasteiger partial charge in [-0.15, -0.1) is 0 Å². The zero-order valence-electron chi connectivity index (χ0n) is 15.0. The van der Waals surface area contributed by atoms with Crippen molar-refractivity contribution in [2.24, 2.45) is 11.8 Å². The van der Waals surface area contributed by atoms with E-state index in [1.54, 1.807) is 0 Å². The largest absolute Gasteiger partial charge is 0.356 e. The Bertz CT molecular complexity index is 267. The number of unbranched alkanes of at least 4 members (excludes halogenated alkanes) is 3. The van der Waals surface area contributed by atoms with E-state index in [1.165, 1.54) is 0 Å². The van der Waals surface area contributed by atoms with Crippen molar-refractivity contribution in [3.05, 3.63) is 0 Å². The standard InChI is InChI=1S/C18H36N2O2/c1-5-15(6-2)17(21)19-13-11-9-10-12-14-20-18(22)16(7-3)8-4/h15-16H,5-14H2,1-4H3,(H,19,21)(H,20,22). The molecule has 0 aliphatic heterocycles. The van der Waals surface area contributed by atoms with Crippen LogP contribution in [0.15, 0.2) is 0 Å². The van der Waals surface area contributed by atoms with Crippen LogP contribution in [0.25, 0.3) is 0 Å². The van der Waals surface area contributed by atoms with Crippen LogP contribution in [-0.4, -0.2) is 24.9 Å². The van der Waals surface area contributed by atoms with Crippen LogP contribution in [0.4, 0.5) is 0 Å². The normalized spacial score (nSPS) is 11.0. The molecule has 0 saturated carbocycles. The summed E-state index contributed by atoms with van der Waals surface area (Å²) < 4.78 is 0. The second-order valence-corrected chi connectivity index (χ2v) is 6.02. The Balaban J connectivity index is 3.51. The van der Waals surface area contributed by atoms with Crippen molar-refractivity contribution in [2.75, 3.05) is 13.1 Å². The Morgan fingerprint density at radius 3 is 1.23 bits per heavy atom. The van der Waals surface area contributed by atoms with Crippen LogP contribution in [0.3, 0.4) is 0 Å². The molecule has 0 saturated heterocycles. The van der Waals surface area contributed by atoms with Gasteiger partial charge in [-0.05, 0) is 38.5 Å². The number of carbonyl (C=O) groups is 2. The van der Waals surface area contributed by atoms with E-state index in [0.29, 0.717) is 0 Å². The second kappa shape index (κ2) is 13.6. The average Bonchev–Trinajstić information content (AvgIpc) is 2.52. The molecule has 0 aromatic heterocycles. The van der Waals surface area contributed by atoms with E-state index < -0.39 is 0 Å². The Morgan fingerprint density at radius 2 is 0.955 bits per heavy atom. The van der Waals surface area contributed by atoms with E-state index in [4.69, 9.17) is 0 Å². The Hall–Kier alpha value is -1.06. The molecule has 2 N–H and O–H groups in total. The predicted molar refractivity (Wildman–Crippen MR) is 92.6 cm³/mol. The molecule has 2 amide bonds. The minimum atomic E-state index is 0.167. The van der Waals surface area contributed by atoms with Crippen LogP contribution in [0, 0.1) is 11.8 Å². The molecule has 0 aliphatic carbocycles. The lowest BCUT2D eigenvalue weighted by Gasteiger charge is -2.13. The highest BCUT2D eigenvalue weighted by Crippen LogP contribution is 2.08. The van der Waals surface area contributed by atoms with Crippen molar-refractivity contribution < 1.29 is 9.59 Å². The molecule has 0 atom stereocenters. The summed E-state index contributed by atoms with van der Waals surface area (Å²) in [6.07, 6.45) is 7.90. The van der Waals surface area contributed by atoms with Gasteiger partial charge < -0.3 is 10.6 Å². The van der Waals surface area contributed by atoms with Crippen LogP contribution in [0.5, 0.6) is 0 Å². The fraction of sp³-hybridized carbons (Fsp3) is 0.889. The van der Waals surface area contributed by atoms with Gasteiger partial charge in [-0.2, -0.15) is 0 Å². The van der Waals surface area contributed by atoms with Crippen LogP contribution in [0.1, 0.15) is 79.1 Å². The van der Waals surface area contributed by atoms with Crippen molar-refractivity contribution in [2.45, 2.75) is 79.1 Å². The summed E-state index contributed by atoms with van der Waals surface area (Å²) in [6.45, 7) is 9.78. The third kappa shape index (κ3) is 9.06. The van der Waals surface area contributed by atoms with Crippen LogP contribution >= 0.6 is 0 Å². The first-order valence-corrected chi connectivity index (χ1v) is 9.15. The van der Waals surface area contributed by atoms with Crippen LogP contribution < -0.4 is 10.6 Å². The van der Waals surface area contributed by atoms with Gasteiger partial charge in [0, 0.05) is 24.9 Å². The summed E-state index contributed by atoms with van der Waals surface area (Å²) in [5.41, 5.74) is 0. The summed E-state index contributed by atoms with van der Waals surface area (Å²) in [6, 6.07) is 0. The minimum absolute atomic E-state index is 0.167. The van der Waals surface area contributed by atoms with Gasteiger partial charge in [-0.1, -0.05) is 40.5 Å². The molecule has 0 aromatic carbocycles. The topological polar surface area (TPSA) is 58.2 Å². The summed E-state index contributed by atoms with van der Waals surface area (Å²) in [5.74, 6) is 0.727. The van der Waals surface area contributed by atoms with E-state index in [1.807, 2.05) is 0 Å². The highest BCUT2D eigenvalue weighted by Gasteiger charge is 2.13. The van der Waals surface area contributed by atoms with Crippen molar-refractivity contribution >= 4 is 11.8 Å². The highest BCUT2D eigenvalue weighted by molar-refractivity contribution is 5.78. The van der Waals surface area contributed by atoms with Gasteiger partial charge in [0.15, 0.2) is 0 Å². The van der Waals surface area contributed by atoms with Crippen LogP contribution in [-0.2, 0) is 9.59 Å². The molecule has 0 rings (SSSR count). The molecule has 0 aromatic rings. The third-order valence-corrected chi connectivity index (χ3v) is 4.41. The Kier molecular flexibility index (Phi) is 12.9. The molecular formula is C18H36N2O2. The molecule has 0 heterocycles. The number of amides is 2. The smallest absolute Gasteiger partial charge is 0.223 e. The first-order valence-electron chi connectivity index (χ1n) is 9.15. The molecule has 0 fully saturated rings. The van der Waals surface area contributed by atoms with Gasteiger partial charge in [-0.25, -0.2) is 0 Å². The maximum absolute atomic E-state index is 11.8. The quantitative estimate of drug-likeness (QED) is 0.510. The fourth-order valence-electron chi connectivity index (χ4n) is 2.63. The zero-order valence-corrected chi connectivity index (χ0v) is 15.0. The molecule has 0 bridgehead atoms. The van der Waals surface area contributed by atoms with E-state index >= 15 is 0 Å². The summed E-state index contributed by atoms with van der Waals surface area (Å²) in [7, 11) is 0. The average molecular weight is 312 g/mol. The fourth-order valence-corrected chi connectivity index (χ4v) is 2.63. The van der Waals surface area contributed by atoms with Gasteiger partial charge >= 0.3 is 0 Å². The van der Waals surface area contributed by atoms with E-state index in [9.17, 15) is 9.59 Å². The van der Waals surface area contributed by atoms with Gasteiger partial charge in [-0.3, -0.25) is 9.59 Å². The Morgan fingerprint density at radius 1 is 0.636 bits per heavy atom. The zero-order chi connectivity index (χ0) is 16.8. The molecule has 0 aliphatic rings. The molecule has 0 unspecified atom stereocenters. The number of hydrogen-bond acceptors (Lipinski definition) is 2. The van der Waals surface area contributed by atoms with Crippen molar-refractivity contribution in [1.29, 1.82) is 0 Å². The summed E-state index contributed by atoms with van der Waals surface area (Å²) in [4.78, 5) is 23.6. The minimum Gasteiger partial charge on any atom is -0.356 e. The molecule has 4 heteroatoms. The molecule has 4 nitrogen and oxygen atoms in total. The molecule has 130 valence electrons. The lowest BCUT2D eigenvalue weighted by molar-refractivity contribution is -0.126. The number of nitrogens with one attached hydrogen (secondary N) is 2. The predicted octanol–water partition coefficient (Wildman–Crippen LogP) is 3.65. The van der Waals surface area contributed by atoms with Gasteiger partial charge in [0.05, 0.1) is 0 Å². The van der Waals surface area contributed by atoms with E-state index in [0.717, 1.165) is 64.5 Å². The SMILES string of the molecule is CCC(CC)C(=O)NCCCCCCNC(=O)C(CC)CC. The van der Waals surface area contributed by atoms with E-state index in [-0.39, 0.29) is 23.7 Å². The van der Waals surface area contributed by atoms with E-state index in [2.05, 4.69) is 38.3 Å². The summed E-state index contributed by atoms with van der Waals surface area (Å²) >= 11 is 0. The maximum atomic E-state index is 11.8. The summed E-state index contributed by atoms with van der Waals surface area (Å²) in [5, 5.41) is 6.03. The van der Waals surface area contributed by atoms with Gasteiger partial charge in [0.2, 0.25) is 11.8 Å². The molecule has 0 radical (unpaired) electrons. The monoisotopic (exact) mass is 312 g/mol. The highest BCUT2D eigenvalue weighted by atomic mass is 16.2. The van der Waals surface area contributed by atoms with Crippen LogP contribution in [0.2, 0.25) is 0 Å². The van der Waals surface area contributed by atoms with Crippen molar-refractivity contribution in [3.63, 3.8) is 0 Å². The lowest BCUT2D eigenvalue weighted by Crippen LogP contribution is -2.31. The Labute approximate surface area is 136 Å². The molecular weight excluding hydrogens is 276 g/mol.